The number of carbonyl (C=O) groups excluding carboxylic acids is 1. The lowest BCUT2D eigenvalue weighted by Crippen LogP contribution is -2.34. The van der Waals surface area contributed by atoms with E-state index in [1.165, 1.54) is 0 Å². The van der Waals surface area contributed by atoms with E-state index >= 15 is 0 Å². The van der Waals surface area contributed by atoms with Gasteiger partial charge in [-0.25, -0.2) is 4.39 Å². The zero-order valence-corrected chi connectivity index (χ0v) is 17.8. The number of benzene rings is 1. The van der Waals surface area contributed by atoms with E-state index in [1.807, 2.05) is 3.63 Å². The highest BCUT2D eigenvalue weighted by Gasteiger charge is 2.57. The Balaban J connectivity index is 0.000000661. The SMILES string of the molecule is COc1cc(C=O)cc(F)c1OS(=O)(=O)C(F)(F)F.O=S(=O)(OS(=O)(=O)C(F)(F)F)C(F)(F)F. The van der Waals surface area contributed by atoms with Crippen molar-refractivity contribution in [3.63, 3.8) is 0 Å². The highest BCUT2D eigenvalue weighted by Crippen LogP contribution is 2.36. The summed E-state index contributed by atoms with van der Waals surface area (Å²) in [5.41, 5.74) is -18.5. The minimum Gasteiger partial charge on any atom is -0.493 e. The van der Waals surface area contributed by atoms with Crippen LogP contribution >= 0.6 is 0 Å². The van der Waals surface area contributed by atoms with Gasteiger partial charge >= 0.3 is 46.9 Å². The maximum atomic E-state index is 13.4. The van der Waals surface area contributed by atoms with Crippen molar-refractivity contribution in [2.75, 3.05) is 7.11 Å². The summed E-state index contributed by atoms with van der Waals surface area (Å²) in [4.78, 5) is 10.4. The second-order valence-electron chi connectivity index (χ2n) is 5.00. The molecule has 0 aliphatic carbocycles. The van der Waals surface area contributed by atoms with Gasteiger partial charge in [-0.3, -0.25) is 4.79 Å². The van der Waals surface area contributed by atoms with Crippen molar-refractivity contribution < 1.29 is 86.5 Å². The Labute approximate surface area is 182 Å². The lowest BCUT2D eigenvalue weighted by molar-refractivity contribution is -0.0586. The van der Waals surface area contributed by atoms with Gasteiger partial charge in [0.05, 0.1) is 7.11 Å². The summed E-state index contributed by atoms with van der Waals surface area (Å²) in [5.74, 6) is -3.41. The van der Waals surface area contributed by atoms with Gasteiger partial charge in [0.2, 0.25) is 5.75 Å². The van der Waals surface area contributed by atoms with Crippen LogP contribution in [0, 0.1) is 5.82 Å². The van der Waals surface area contributed by atoms with Crippen LogP contribution < -0.4 is 8.92 Å². The van der Waals surface area contributed by atoms with Crippen molar-refractivity contribution in [2.45, 2.75) is 16.5 Å². The number of ether oxygens (including phenoxy) is 1. The number of rotatable bonds is 6. The second-order valence-corrected chi connectivity index (χ2v) is 9.83. The van der Waals surface area contributed by atoms with Crippen LogP contribution in [0.5, 0.6) is 11.5 Å². The largest absolute Gasteiger partial charge is 0.534 e. The van der Waals surface area contributed by atoms with Crippen LogP contribution in [0.25, 0.3) is 0 Å². The molecule has 0 amide bonds. The summed E-state index contributed by atoms with van der Waals surface area (Å²) in [6, 6.07) is 1.34. The number of halogens is 10. The first kappa shape index (κ1) is 31.6. The Morgan fingerprint density at radius 3 is 1.41 bits per heavy atom. The van der Waals surface area contributed by atoms with Crippen molar-refractivity contribution in [1.82, 2.24) is 0 Å². The van der Waals surface area contributed by atoms with Gasteiger partial charge in [0.1, 0.15) is 6.29 Å². The van der Waals surface area contributed by atoms with E-state index in [-0.39, 0.29) is 11.8 Å². The smallest absolute Gasteiger partial charge is 0.493 e. The molecule has 0 atom stereocenters. The summed E-state index contributed by atoms with van der Waals surface area (Å²) in [6.45, 7) is 0. The fourth-order valence-electron chi connectivity index (χ4n) is 1.24. The molecule has 0 saturated carbocycles. The van der Waals surface area contributed by atoms with Crippen LogP contribution in [-0.2, 0) is 34.0 Å². The van der Waals surface area contributed by atoms with Gasteiger partial charge in [0.25, 0.3) is 0 Å². The van der Waals surface area contributed by atoms with Gasteiger partial charge in [-0.05, 0) is 12.1 Å². The summed E-state index contributed by atoms with van der Waals surface area (Å²) < 4.78 is 189. The summed E-state index contributed by atoms with van der Waals surface area (Å²) in [7, 11) is -18.8. The minimum absolute atomic E-state index is 0.202. The van der Waals surface area contributed by atoms with E-state index in [9.17, 15) is 74.0 Å². The van der Waals surface area contributed by atoms with Gasteiger partial charge in [-0.1, -0.05) is 0 Å². The zero-order valence-electron chi connectivity index (χ0n) is 15.3. The van der Waals surface area contributed by atoms with Crippen LogP contribution in [0.4, 0.5) is 43.9 Å². The molecular weight excluding hydrogens is 578 g/mol. The molecule has 34 heavy (non-hydrogen) atoms. The molecule has 0 heterocycles. The number of methoxy groups -OCH3 is 1. The second kappa shape index (κ2) is 10.1. The van der Waals surface area contributed by atoms with Crippen molar-refractivity contribution in [1.29, 1.82) is 0 Å². The lowest BCUT2D eigenvalue weighted by atomic mass is 10.2. The molecule has 0 spiro atoms. The predicted octanol–water partition coefficient (Wildman–Crippen LogP) is 2.58. The fourth-order valence-corrected chi connectivity index (χ4v) is 3.28. The number of aldehydes is 1. The molecule has 0 aliphatic rings. The Morgan fingerprint density at radius 2 is 1.12 bits per heavy atom. The Morgan fingerprint density at radius 1 is 0.735 bits per heavy atom. The molecule has 0 aliphatic heterocycles. The third kappa shape index (κ3) is 7.83. The first-order chi connectivity index (χ1) is 14.8. The maximum absolute atomic E-state index is 13.4. The summed E-state index contributed by atoms with van der Waals surface area (Å²) >= 11 is 0. The quantitative estimate of drug-likeness (QED) is 0.212. The van der Waals surface area contributed by atoms with Gasteiger partial charge < -0.3 is 8.92 Å². The Kier molecular flexibility index (Phi) is 9.36. The van der Waals surface area contributed by atoms with Gasteiger partial charge in [-0.2, -0.15) is 64.8 Å². The maximum Gasteiger partial charge on any atom is 0.534 e. The molecule has 0 aromatic heterocycles. The number of hydrogen-bond donors (Lipinski definition) is 0. The highest BCUT2D eigenvalue weighted by atomic mass is 32.3. The molecule has 0 bridgehead atoms. The number of hydrogen-bond acceptors (Lipinski definition) is 10. The van der Waals surface area contributed by atoms with E-state index in [0.29, 0.717) is 6.07 Å². The topological polar surface area (TPSA) is 147 Å². The van der Waals surface area contributed by atoms with Gasteiger partial charge in [0, 0.05) is 5.56 Å². The molecule has 10 nitrogen and oxygen atoms in total. The van der Waals surface area contributed by atoms with Crippen molar-refractivity contribution in [3.8, 4) is 11.5 Å². The van der Waals surface area contributed by atoms with E-state index in [4.69, 9.17) is 0 Å². The Bertz CT molecular complexity index is 1170. The zero-order chi connectivity index (χ0) is 27.6. The van der Waals surface area contributed by atoms with E-state index in [0.717, 1.165) is 13.2 Å². The highest BCUT2D eigenvalue weighted by molar-refractivity contribution is 8.00. The average molecular weight is 584 g/mol. The molecule has 0 N–H and O–H groups in total. The monoisotopic (exact) mass is 584 g/mol. The molecule has 0 unspecified atom stereocenters. The van der Waals surface area contributed by atoms with Crippen LogP contribution in [0.2, 0.25) is 0 Å². The van der Waals surface area contributed by atoms with E-state index in [1.54, 1.807) is 0 Å². The lowest BCUT2D eigenvalue weighted by Gasteiger charge is -2.13. The Hall–Kier alpha value is -2.40. The molecule has 1 aromatic carbocycles. The normalized spacial score (nSPS) is 13.5. The minimum atomic E-state index is -6.85. The van der Waals surface area contributed by atoms with Crippen molar-refractivity contribution >= 4 is 36.6 Å². The number of carbonyl (C=O) groups is 1. The van der Waals surface area contributed by atoms with Crippen molar-refractivity contribution in [3.05, 3.63) is 23.5 Å². The van der Waals surface area contributed by atoms with Gasteiger partial charge in [-0.15, -0.1) is 3.63 Å². The molecule has 23 heteroatoms. The van der Waals surface area contributed by atoms with E-state index in [2.05, 4.69) is 8.92 Å². The molecule has 0 fully saturated rings. The van der Waals surface area contributed by atoms with Gasteiger partial charge in [0.15, 0.2) is 11.6 Å². The predicted molar refractivity (Wildman–Crippen MR) is 85.0 cm³/mol. The summed E-state index contributed by atoms with van der Waals surface area (Å²) in [6.07, 6.45) is 0.202. The third-order valence-electron chi connectivity index (χ3n) is 2.61. The third-order valence-corrected chi connectivity index (χ3v) is 6.13. The van der Waals surface area contributed by atoms with Crippen LogP contribution in [-0.4, -0.2) is 55.2 Å². The van der Waals surface area contributed by atoms with Crippen LogP contribution in [0.15, 0.2) is 12.1 Å². The first-order valence-electron chi connectivity index (χ1n) is 7.00. The first-order valence-corrected chi connectivity index (χ1v) is 11.2. The number of alkyl halides is 9. The molecular formula is C11H6F10O10S3. The molecule has 1 aromatic rings. The summed E-state index contributed by atoms with van der Waals surface area (Å²) in [5, 5.41) is 0. The molecule has 0 saturated heterocycles. The van der Waals surface area contributed by atoms with Crippen molar-refractivity contribution in [2.24, 2.45) is 0 Å². The molecule has 198 valence electrons. The molecule has 1 rings (SSSR count). The standard InChI is InChI=1S/C9H6F4O5S.C2F6O5S2/c1-17-7-3-5(4-14)2-6(10)8(7)18-19(15,16)9(11,12)13;3-1(4,5)14(9,10)13-15(11,12)2(6,7)8/h2-4H,1H3;. The van der Waals surface area contributed by atoms with Crippen LogP contribution in [0.1, 0.15) is 10.4 Å². The van der Waals surface area contributed by atoms with E-state index < -0.39 is 64.2 Å². The average Bonchev–Trinajstić information content (AvgIpc) is 2.59. The fraction of sp³-hybridized carbons (Fsp3) is 0.364. The molecule has 0 radical (unpaired) electrons. The van der Waals surface area contributed by atoms with Crippen LogP contribution in [0.3, 0.4) is 0 Å².